The lowest BCUT2D eigenvalue weighted by molar-refractivity contribution is 0.340. The van der Waals surface area contributed by atoms with E-state index in [-0.39, 0.29) is 5.54 Å². The maximum absolute atomic E-state index is 5.70. The Bertz CT molecular complexity index is 400. The maximum Gasteiger partial charge on any atom is 0.119 e. The fourth-order valence-corrected chi connectivity index (χ4v) is 3.16. The van der Waals surface area contributed by atoms with Crippen molar-refractivity contribution in [3.05, 3.63) is 24.3 Å². The Hall–Kier alpha value is -1.22. The van der Waals surface area contributed by atoms with Crippen LogP contribution >= 0.6 is 0 Å². The molecule has 0 aromatic heterocycles. The third kappa shape index (κ3) is 3.21. The first-order valence-corrected chi connectivity index (χ1v) is 7.27. The molecule has 1 aliphatic heterocycles. The van der Waals surface area contributed by atoms with E-state index in [1.54, 1.807) is 0 Å². The molecule has 1 fully saturated rings. The number of nitrogens with two attached hydrogens (primary N) is 1. The molecule has 1 atom stereocenters. The highest BCUT2D eigenvalue weighted by Crippen LogP contribution is 2.38. The van der Waals surface area contributed by atoms with E-state index in [9.17, 15) is 0 Å². The zero-order valence-electron chi connectivity index (χ0n) is 12.4. The standard InChI is InChI=1S/C16H26N2O/c1-4-19-15-7-5-14(6-8-15)18-12-13(9-10-17)11-16(18,2)3/h5-8,13H,4,9-12,17H2,1-3H3. The zero-order valence-corrected chi connectivity index (χ0v) is 12.4. The Morgan fingerprint density at radius 1 is 1.32 bits per heavy atom. The Kier molecular flexibility index (Phi) is 4.35. The number of nitrogens with zero attached hydrogens (tertiary/aromatic N) is 1. The fraction of sp³-hybridized carbons (Fsp3) is 0.625. The summed E-state index contributed by atoms with van der Waals surface area (Å²) in [6.07, 6.45) is 2.34. The highest BCUT2D eigenvalue weighted by atomic mass is 16.5. The van der Waals surface area contributed by atoms with E-state index in [2.05, 4.69) is 43.0 Å². The van der Waals surface area contributed by atoms with E-state index in [0.717, 1.165) is 25.3 Å². The molecule has 0 amide bonds. The minimum Gasteiger partial charge on any atom is -0.494 e. The minimum atomic E-state index is 0.215. The van der Waals surface area contributed by atoms with E-state index in [0.29, 0.717) is 12.5 Å². The summed E-state index contributed by atoms with van der Waals surface area (Å²) in [4.78, 5) is 2.50. The number of hydrogen-bond acceptors (Lipinski definition) is 3. The number of ether oxygens (including phenoxy) is 1. The number of hydrogen-bond donors (Lipinski definition) is 1. The summed E-state index contributed by atoms with van der Waals surface area (Å²) in [5.74, 6) is 1.66. The third-order valence-electron chi connectivity index (χ3n) is 3.99. The summed E-state index contributed by atoms with van der Waals surface area (Å²) >= 11 is 0. The normalized spacial score (nSPS) is 21.7. The van der Waals surface area contributed by atoms with E-state index in [4.69, 9.17) is 10.5 Å². The van der Waals surface area contributed by atoms with Gasteiger partial charge in [-0.25, -0.2) is 0 Å². The molecule has 0 saturated carbocycles. The lowest BCUT2D eigenvalue weighted by Gasteiger charge is -2.33. The summed E-state index contributed by atoms with van der Waals surface area (Å²) < 4.78 is 5.50. The lowest BCUT2D eigenvalue weighted by Crippen LogP contribution is -2.38. The lowest BCUT2D eigenvalue weighted by atomic mass is 9.94. The molecule has 106 valence electrons. The first-order chi connectivity index (χ1) is 9.06. The molecule has 0 aliphatic carbocycles. The molecule has 2 rings (SSSR count). The number of anilines is 1. The van der Waals surface area contributed by atoms with Gasteiger partial charge in [-0.1, -0.05) is 0 Å². The smallest absolute Gasteiger partial charge is 0.119 e. The van der Waals surface area contributed by atoms with Crippen molar-refractivity contribution in [1.82, 2.24) is 0 Å². The van der Waals surface area contributed by atoms with Gasteiger partial charge in [0.2, 0.25) is 0 Å². The van der Waals surface area contributed by atoms with Crippen LogP contribution in [0.25, 0.3) is 0 Å². The summed E-state index contributed by atoms with van der Waals surface area (Å²) in [5, 5.41) is 0. The second kappa shape index (κ2) is 5.83. The van der Waals surface area contributed by atoms with Crippen LogP contribution in [0.2, 0.25) is 0 Å². The van der Waals surface area contributed by atoms with Crippen LogP contribution in [0.5, 0.6) is 5.75 Å². The van der Waals surface area contributed by atoms with Gasteiger partial charge in [-0.3, -0.25) is 0 Å². The highest BCUT2D eigenvalue weighted by molar-refractivity contribution is 5.52. The average molecular weight is 262 g/mol. The molecule has 3 heteroatoms. The zero-order chi connectivity index (χ0) is 13.9. The van der Waals surface area contributed by atoms with Crippen LogP contribution in [0.15, 0.2) is 24.3 Å². The van der Waals surface area contributed by atoms with Crippen LogP contribution in [0.1, 0.15) is 33.6 Å². The summed E-state index contributed by atoms with van der Waals surface area (Å²) in [6.45, 7) is 9.26. The topological polar surface area (TPSA) is 38.5 Å². The molecule has 1 aromatic rings. The van der Waals surface area contributed by atoms with Crippen molar-refractivity contribution in [2.75, 3.05) is 24.6 Å². The van der Waals surface area contributed by atoms with E-state index >= 15 is 0 Å². The molecule has 3 nitrogen and oxygen atoms in total. The second-order valence-electron chi connectivity index (χ2n) is 6.00. The predicted molar refractivity (Wildman–Crippen MR) is 80.8 cm³/mol. The molecule has 0 radical (unpaired) electrons. The second-order valence-corrected chi connectivity index (χ2v) is 6.00. The van der Waals surface area contributed by atoms with Gasteiger partial charge in [-0.2, -0.15) is 0 Å². The van der Waals surface area contributed by atoms with Crippen molar-refractivity contribution >= 4 is 5.69 Å². The van der Waals surface area contributed by atoms with Gasteiger partial charge in [0.05, 0.1) is 6.61 Å². The maximum atomic E-state index is 5.70. The molecule has 1 saturated heterocycles. The Balaban J connectivity index is 2.11. The fourth-order valence-electron chi connectivity index (χ4n) is 3.16. The molecule has 1 heterocycles. The van der Waals surface area contributed by atoms with Crippen molar-refractivity contribution in [1.29, 1.82) is 0 Å². The average Bonchev–Trinajstić information content (AvgIpc) is 2.66. The summed E-state index contributed by atoms with van der Waals surface area (Å²) in [5.41, 5.74) is 7.20. The molecular weight excluding hydrogens is 236 g/mol. The SMILES string of the molecule is CCOc1ccc(N2CC(CCN)CC2(C)C)cc1. The minimum absolute atomic E-state index is 0.215. The van der Waals surface area contributed by atoms with Crippen LogP contribution in [0.3, 0.4) is 0 Å². The first kappa shape index (κ1) is 14.2. The van der Waals surface area contributed by atoms with Crippen LogP contribution in [0, 0.1) is 5.92 Å². The van der Waals surface area contributed by atoms with Crippen LogP contribution < -0.4 is 15.4 Å². The monoisotopic (exact) mass is 262 g/mol. The molecular formula is C16H26N2O. The first-order valence-electron chi connectivity index (χ1n) is 7.27. The Morgan fingerprint density at radius 2 is 2.00 bits per heavy atom. The molecule has 0 spiro atoms. The van der Waals surface area contributed by atoms with E-state index in [1.807, 2.05) is 6.92 Å². The van der Waals surface area contributed by atoms with Gasteiger partial charge in [0, 0.05) is 17.8 Å². The van der Waals surface area contributed by atoms with Crippen molar-refractivity contribution in [2.24, 2.45) is 11.7 Å². The van der Waals surface area contributed by atoms with Gasteiger partial charge in [-0.05, 0) is 70.3 Å². The molecule has 1 aromatic carbocycles. The van der Waals surface area contributed by atoms with E-state index in [1.165, 1.54) is 12.1 Å². The summed E-state index contributed by atoms with van der Waals surface area (Å²) in [7, 11) is 0. The predicted octanol–water partition coefficient (Wildman–Crippen LogP) is 3.04. The molecule has 2 N–H and O–H groups in total. The number of benzene rings is 1. The molecule has 0 bridgehead atoms. The Labute approximate surface area is 116 Å². The van der Waals surface area contributed by atoms with Gasteiger partial charge in [0.1, 0.15) is 5.75 Å². The quantitative estimate of drug-likeness (QED) is 0.886. The molecule has 1 aliphatic rings. The number of rotatable bonds is 5. The molecule has 19 heavy (non-hydrogen) atoms. The third-order valence-corrected chi connectivity index (χ3v) is 3.99. The van der Waals surface area contributed by atoms with Crippen molar-refractivity contribution in [3.63, 3.8) is 0 Å². The van der Waals surface area contributed by atoms with Gasteiger partial charge < -0.3 is 15.4 Å². The summed E-state index contributed by atoms with van der Waals surface area (Å²) in [6, 6.07) is 8.45. The van der Waals surface area contributed by atoms with Gasteiger partial charge in [0.15, 0.2) is 0 Å². The van der Waals surface area contributed by atoms with Crippen molar-refractivity contribution in [2.45, 2.75) is 39.2 Å². The largest absolute Gasteiger partial charge is 0.494 e. The van der Waals surface area contributed by atoms with Crippen LogP contribution in [0.4, 0.5) is 5.69 Å². The van der Waals surface area contributed by atoms with Gasteiger partial charge in [0.25, 0.3) is 0 Å². The molecule has 1 unspecified atom stereocenters. The van der Waals surface area contributed by atoms with Crippen molar-refractivity contribution in [3.8, 4) is 5.75 Å². The highest BCUT2D eigenvalue weighted by Gasteiger charge is 2.37. The van der Waals surface area contributed by atoms with Gasteiger partial charge >= 0.3 is 0 Å². The van der Waals surface area contributed by atoms with Crippen LogP contribution in [-0.2, 0) is 0 Å². The van der Waals surface area contributed by atoms with Crippen molar-refractivity contribution < 1.29 is 4.74 Å². The van der Waals surface area contributed by atoms with Crippen LogP contribution in [-0.4, -0.2) is 25.2 Å². The van der Waals surface area contributed by atoms with E-state index < -0.39 is 0 Å². The Morgan fingerprint density at radius 3 is 2.58 bits per heavy atom. The van der Waals surface area contributed by atoms with Gasteiger partial charge in [-0.15, -0.1) is 0 Å².